The van der Waals surface area contributed by atoms with Crippen molar-refractivity contribution in [3.8, 4) is 0 Å². The lowest BCUT2D eigenvalue weighted by molar-refractivity contribution is -0.127. The molecule has 0 spiro atoms. The topological polar surface area (TPSA) is 69.9 Å². The lowest BCUT2D eigenvalue weighted by atomic mass is 9.87. The summed E-state index contributed by atoms with van der Waals surface area (Å²) in [7, 11) is 0. The van der Waals surface area contributed by atoms with E-state index in [1.165, 1.54) is 6.26 Å². The van der Waals surface area contributed by atoms with Crippen LogP contribution < -0.4 is 0 Å². The van der Waals surface area contributed by atoms with Crippen LogP contribution in [-0.4, -0.2) is 34.3 Å². The predicted molar refractivity (Wildman–Crippen MR) is 44.4 cm³/mol. The van der Waals surface area contributed by atoms with E-state index in [0.29, 0.717) is 6.42 Å². The van der Waals surface area contributed by atoms with Gasteiger partial charge in [0.05, 0.1) is 12.4 Å². The fourth-order valence-electron chi connectivity index (χ4n) is 2.38. The van der Waals surface area contributed by atoms with Gasteiger partial charge in [0, 0.05) is 18.4 Å². The normalized spacial score (nSPS) is 48.7. The molecule has 0 aromatic heterocycles. The smallest absolute Gasteiger partial charge is 0.200 e. The molecule has 1 aliphatic heterocycles. The lowest BCUT2D eigenvalue weighted by Gasteiger charge is -2.30. The van der Waals surface area contributed by atoms with Crippen LogP contribution in [0.15, 0.2) is 12.3 Å². The van der Waals surface area contributed by atoms with Crippen LogP contribution in [0.5, 0.6) is 0 Å². The van der Waals surface area contributed by atoms with Crippen molar-refractivity contribution in [1.29, 1.82) is 0 Å². The Bertz CT molecular complexity index is 216. The molecule has 4 heteroatoms. The zero-order valence-electron chi connectivity index (χ0n) is 7.21. The second-order valence-electron chi connectivity index (χ2n) is 3.76. The SMILES string of the molecule is OCC1C[C@@H](O)[C@@H]2C=COC(O)[C@H]12. The molecular formula is C9H14O4. The monoisotopic (exact) mass is 186 g/mol. The number of aliphatic hydroxyl groups excluding tert-OH is 3. The molecular weight excluding hydrogens is 172 g/mol. The fourth-order valence-corrected chi connectivity index (χ4v) is 2.38. The third-order valence-corrected chi connectivity index (χ3v) is 3.06. The van der Waals surface area contributed by atoms with Gasteiger partial charge in [0.25, 0.3) is 0 Å². The number of hydrogen-bond acceptors (Lipinski definition) is 4. The van der Waals surface area contributed by atoms with E-state index in [-0.39, 0.29) is 24.4 Å². The quantitative estimate of drug-likeness (QED) is 0.514. The van der Waals surface area contributed by atoms with Crippen LogP contribution in [0.25, 0.3) is 0 Å². The molecule has 0 amide bonds. The summed E-state index contributed by atoms with van der Waals surface area (Å²) >= 11 is 0. The molecule has 2 unspecified atom stereocenters. The van der Waals surface area contributed by atoms with Gasteiger partial charge in [0.2, 0.25) is 0 Å². The van der Waals surface area contributed by atoms with E-state index in [1.807, 2.05) is 0 Å². The molecule has 1 aliphatic carbocycles. The minimum Gasteiger partial charge on any atom is -0.473 e. The number of aliphatic hydroxyl groups is 3. The van der Waals surface area contributed by atoms with Crippen LogP contribution in [0.1, 0.15) is 6.42 Å². The zero-order chi connectivity index (χ0) is 9.42. The Morgan fingerprint density at radius 3 is 2.85 bits per heavy atom. The van der Waals surface area contributed by atoms with E-state index in [2.05, 4.69) is 0 Å². The second-order valence-corrected chi connectivity index (χ2v) is 3.76. The molecule has 2 rings (SSSR count). The van der Waals surface area contributed by atoms with Crippen LogP contribution in [-0.2, 0) is 4.74 Å². The first-order valence-electron chi connectivity index (χ1n) is 4.53. The van der Waals surface area contributed by atoms with Gasteiger partial charge in [-0.3, -0.25) is 0 Å². The van der Waals surface area contributed by atoms with Crippen molar-refractivity contribution in [2.75, 3.05) is 6.61 Å². The first-order chi connectivity index (χ1) is 6.24. The Balaban J connectivity index is 2.20. The third kappa shape index (κ3) is 1.35. The van der Waals surface area contributed by atoms with E-state index in [9.17, 15) is 10.2 Å². The zero-order valence-corrected chi connectivity index (χ0v) is 7.21. The Hall–Kier alpha value is -0.580. The van der Waals surface area contributed by atoms with Gasteiger partial charge >= 0.3 is 0 Å². The van der Waals surface area contributed by atoms with Gasteiger partial charge < -0.3 is 20.1 Å². The van der Waals surface area contributed by atoms with Gasteiger partial charge in [-0.1, -0.05) is 0 Å². The minimum atomic E-state index is -0.885. The van der Waals surface area contributed by atoms with Gasteiger partial charge in [-0.2, -0.15) is 0 Å². The van der Waals surface area contributed by atoms with Gasteiger partial charge in [-0.05, 0) is 18.4 Å². The highest BCUT2D eigenvalue weighted by molar-refractivity contribution is 5.04. The molecule has 0 radical (unpaired) electrons. The molecule has 0 bridgehead atoms. The standard InChI is InChI=1S/C9H14O4/c10-4-5-3-7(11)6-1-2-13-9(12)8(5)6/h1-2,5-12H,3-4H2/t5?,6-,7+,8+,9?/m0/s1. The summed E-state index contributed by atoms with van der Waals surface area (Å²) in [5, 5.41) is 28.2. The summed E-state index contributed by atoms with van der Waals surface area (Å²) in [5.41, 5.74) is 0. The Labute approximate surface area is 76.5 Å². The average molecular weight is 186 g/mol. The van der Waals surface area contributed by atoms with Gasteiger partial charge in [-0.25, -0.2) is 0 Å². The molecule has 13 heavy (non-hydrogen) atoms. The number of rotatable bonds is 1. The van der Waals surface area contributed by atoms with Crippen molar-refractivity contribution in [2.24, 2.45) is 17.8 Å². The Morgan fingerprint density at radius 1 is 1.38 bits per heavy atom. The van der Waals surface area contributed by atoms with Crippen LogP contribution in [0.4, 0.5) is 0 Å². The van der Waals surface area contributed by atoms with Crippen molar-refractivity contribution in [3.05, 3.63) is 12.3 Å². The summed E-state index contributed by atoms with van der Waals surface area (Å²) in [6, 6.07) is 0. The number of hydrogen-bond donors (Lipinski definition) is 3. The van der Waals surface area contributed by atoms with Crippen molar-refractivity contribution in [3.63, 3.8) is 0 Å². The fraction of sp³-hybridized carbons (Fsp3) is 0.778. The molecule has 3 N–H and O–H groups in total. The molecule has 0 aromatic carbocycles. The van der Waals surface area contributed by atoms with Crippen molar-refractivity contribution in [2.45, 2.75) is 18.8 Å². The highest BCUT2D eigenvalue weighted by Gasteiger charge is 2.46. The minimum absolute atomic E-state index is 0.00745. The molecule has 0 saturated heterocycles. The summed E-state index contributed by atoms with van der Waals surface area (Å²) in [6.45, 7) is -0.00745. The largest absolute Gasteiger partial charge is 0.473 e. The highest BCUT2D eigenvalue weighted by Crippen LogP contribution is 2.42. The first-order valence-corrected chi connectivity index (χ1v) is 4.53. The molecule has 1 saturated carbocycles. The first kappa shape index (κ1) is 8.99. The molecule has 1 fully saturated rings. The maximum absolute atomic E-state index is 9.61. The number of fused-ring (bicyclic) bond motifs is 1. The van der Waals surface area contributed by atoms with Crippen molar-refractivity contribution < 1.29 is 20.1 Å². The maximum atomic E-state index is 9.61. The van der Waals surface area contributed by atoms with E-state index >= 15 is 0 Å². The third-order valence-electron chi connectivity index (χ3n) is 3.06. The van der Waals surface area contributed by atoms with Gasteiger partial charge in [0.15, 0.2) is 6.29 Å². The summed E-state index contributed by atoms with van der Waals surface area (Å²) < 4.78 is 4.92. The molecule has 1 heterocycles. The average Bonchev–Trinajstić information content (AvgIpc) is 2.45. The lowest BCUT2D eigenvalue weighted by Crippen LogP contribution is -2.34. The molecule has 2 aliphatic rings. The van der Waals surface area contributed by atoms with Crippen LogP contribution >= 0.6 is 0 Å². The molecule has 0 aromatic rings. The van der Waals surface area contributed by atoms with Gasteiger partial charge in [0.1, 0.15) is 0 Å². The maximum Gasteiger partial charge on any atom is 0.200 e. The number of ether oxygens (including phenoxy) is 1. The van der Waals surface area contributed by atoms with Gasteiger partial charge in [-0.15, -0.1) is 0 Å². The second kappa shape index (κ2) is 3.29. The van der Waals surface area contributed by atoms with E-state index < -0.39 is 12.4 Å². The van der Waals surface area contributed by atoms with E-state index in [1.54, 1.807) is 6.08 Å². The van der Waals surface area contributed by atoms with Crippen LogP contribution in [0, 0.1) is 17.8 Å². The Kier molecular flexibility index (Phi) is 2.27. The summed E-state index contributed by atoms with van der Waals surface area (Å²) in [4.78, 5) is 0. The summed E-state index contributed by atoms with van der Waals surface area (Å²) in [6.07, 6.45) is 2.38. The molecule has 74 valence electrons. The molecule has 5 atom stereocenters. The highest BCUT2D eigenvalue weighted by atomic mass is 16.6. The van der Waals surface area contributed by atoms with E-state index in [0.717, 1.165) is 0 Å². The van der Waals surface area contributed by atoms with Crippen LogP contribution in [0.2, 0.25) is 0 Å². The summed E-state index contributed by atoms with van der Waals surface area (Å²) in [5.74, 6) is -0.286. The predicted octanol–water partition coefficient (Wildman–Crippen LogP) is -0.546. The van der Waals surface area contributed by atoms with Crippen molar-refractivity contribution >= 4 is 0 Å². The Morgan fingerprint density at radius 2 is 2.15 bits per heavy atom. The van der Waals surface area contributed by atoms with Crippen molar-refractivity contribution in [1.82, 2.24) is 0 Å². The van der Waals surface area contributed by atoms with Crippen LogP contribution in [0.3, 0.4) is 0 Å². The molecule has 4 nitrogen and oxygen atoms in total. The van der Waals surface area contributed by atoms with E-state index in [4.69, 9.17) is 9.84 Å².